The number of carbonyl (C=O) groups is 3. The minimum absolute atomic E-state index is 0.156. The largest absolute Gasteiger partial charge is 0.465 e. The summed E-state index contributed by atoms with van der Waals surface area (Å²) in [6.45, 7) is 3.88. The van der Waals surface area contributed by atoms with E-state index in [9.17, 15) is 14.4 Å². The van der Waals surface area contributed by atoms with Crippen LogP contribution in [0.3, 0.4) is 0 Å². The fourth-order valence-corrected chi connectivity index (χ4v) is 3.83. The normalized spacial score (nSPS) is 17.3. The second-order valence-electron chi connectivity index (χ2n) is 6.70. The minimum atomic E-state index is -0.590. The summed E-state index contributed by atoms with van der Waals surface area (Å²) >= 11 is 1.63. The highest BCUT2D eigenvalue weighted by Crippen LogP contribution is 2.27. The fourth-order valence-electron chi connectivity index (χ4n) is 3.36. The van der Waals surface area contributed by atoms with E-state index >= 15 is 0 Å². The third-order valence-electron chi connectivity index (χ3n) is 4.73. The number of nitrogens with zero attached hydrogens (tertiary/aromatic N) is 1. The van der Waals surface area contributed by atoms with Crippen LogP contribution in [-0.4, -0.2) is 61.7 Å². The Morgan fingerprint density at radius 1 is 1.24 bits per heavy atom. The van der Waals surface area contributed by atoms with Gasteiger partial charge >= 0.3 is 11.9 Å². The zero-order valence-electron chi connectivity index (χ0n) is 17.3. The van der Waals surface area contributed by atoms with E-state index in [0.717, 1.165) is 11.3 Å². The lowest BCUT2D eigenvalue weighted by atomic mass is 10.0. The van der Waals surface area contributed by atoms with Gasteiger partial charge in [-0.3, -0.25) is 24.6 Å². The second kappa shape index (κ2) is 11.8. The van der Waals surface area contributed by atoms with Gasteiger partial charge in [0.1, 0.15) is 12.6 Å². The second-order valence-corrected chi connectivity index (χ2v) is 7.69. The van der Waals surface area contributed by atoms with Crippen LogP contribution in [-0.2, 0) is 30.3 Å². The lowest BCUT2D eigenvalue weighted by Crippen LogP contribution is -2.53. The predicted octanol–water partition coefficient (Wildman–Crippen LogP) is 2.17. The quantitative estimate of drug-likeness (QED) is 0.579. The van der Waals surface area contributed by atoms with Crippen LogP contribution in [0.1, 0.15) is 32.3 Å². The van der Waals surface area contributed by atoms with Crippen molar-refractivity contribution in [2.75, 3.05) is 36.7 Å². The first-order valence-electron chi connectivity index (χ1n) is 9.98. The molecule has 0 saturated carbocycles. The van der Waals surface area contributed by atoms with Gasteiger partial charge in [-0.2, -0.15) is 11.8 Å². The summed E-state index contributed by atoms with van der Waals surface area (Å²) in [6, 6.07) is 6.40. The summed E-state index contributed by atoms with van der Waals surface area (Å²) in [5.74, 6) is -0.278. The van der Waals surface area contributed by atoms with Gasteiger partial charge in [0, 0.05) is 5.69 Å². The zero-order chi connectivity index (χ0) is 21.2. The Bertz CT molecular complexity index is 712. The van der Waals surface area contributed by atoms with Crippen LogP contribution in [0.4, 0.5) is 5.69 Å². The van der Waals surface area contributed by atoms with Gasteiger partial charge in [-0.1, -0.05) is 18.2 Å². The molecule has 2 atom stereocenters. The van der Waals surface area contributed by atoms with E-state index in [1.54, 1.807) is 25.6 Å². The number of nitrogens with one attached hydrogen (secondary N) is 1. The number of aryl methyl sites for hydroxylation is 1. The molecule has 1 heterocycles. The number of benzene rings is 1. The fraction of sp³-hybridized carbons (Fsp3) is 0.571. The van der Waals surface area contributed by atoms with Gasteiger partial charge < -0.3 is 9.47 Å². The van der Waals surface area contributed by atoms with Crippen molar-refractivity contribution in [2.45, 2.75) is 45.2 Å². The summed E-state index contributed by atoms with van der Waals surface area (Å²) in [6.07, 6.45) is 3.73. The lowest BCUT2D eigenvalue weighted by molar-refractivity contribution is -0.146. The van der Waals surface area contributed by atoms with Crippen LogP contribution in [0.5, 0.6) is 0 Å². The number of rotatable bonds is 10. The van der Waals surface area contributed by atoms with E-state index in [-0.39, 0.29) is 31.6 Å². The highest BCUT2D eigenvalue weighted by atomic mass is 32.2. The Kier molecular flexibility index (Phi) is 9.47. The number of para-hydroxylation sites is 1. The van der Waals surface area contributed by atoms with Crippen LogP contribution >= 0.6 is 11.8 Å². The van der Waals surface area contributed by atoms with Crippen molar-refractivity contribution in [3.8, 4) is 0 Å². The Balaban J connectivity index is 2.25. The van der Waals surface area contributed by atoms with Crippen molar-refractivity contribution >= 4 is 35.3 Å². The maximum Gasteiger partial charge on any atom is 0.326 e. The zero-order valence-corrected chi connectivity index (χ0v) is 18.1. The number of fused-ring (bicyclic) bond motifs is 1. The molecule has 0 saturated heterocycles. The first kappa shape index (κ1) is 23.2. The summed E-state index contributed by atoms with van der Waals surface area (Å²) in [5, 5.41) is 3.20. The third kappa shape index (κ3) is 6.47. The maximum atomic E-state index is 13.3. The smallest absolute Gasteiger partial charge is 0.326 e. The average Bonchev–Trinajstić information content (AvgIpc) is 2.83. The molecule has 8 heteroatoms. The molecule has 160 valence electrons. The van der Waals surface area contributed by atoms with Crippen molar-refractivity contribution < 1.29 is 23.9 Å². The Morgan fingerprint density at radius 2 is 1.97 bits per heavy atom. The molecule has 0 aromatic heterocycles. The molecule has 1 aromatic carbocycles. The molecule has 0 aliphatic carbocycles. The molecule has 1 N–H and O–H groups in total. The van der Waals surface area contributed by atoms with Crippen molar-refractivity contribution in [2.24, 2.45) is 0 Å². The molecule has 0 spiro atoms. The number of carbonyl (C=O) groups excluding carboxylic acids is 3. The van der Waals surface area contributed by atoms with Gasteiger partial charge in [-0.05, 0) is 56.7 Å². The summed E-state index contributed by atoms with van der Waals surface area (Å²) < 4.78 is 10.2. The van der Waals surface area contributed by atoms with Gasteiger partial charge in [-0.15, -0.1) is 0 Å². The van der Waals surface area contributed by atoms with Gasteiger partial charge in [0.25, 0.3) is 0 Å². The lowest BCUT2D eigenvalue weighted by Gasteiger charge is -2.27. The molecule has 0 bridgehead atoms. The SMILES string of the molecule is CCOC(=O)CN1C(=O)C(N[C@@H](CCSC)C(=O)OCC)CCc2ccccc21. The highest BCUT2D eigenvalue weighted by molar-refractivity contribution is 7.98. The average molecular weight is 423 g/mol. The Hall–Kier alpha value is -2.06. The van der Waals surface area contributed by atoms with Crippen LogP contribution < -0.4 is 10.2 Å². The number of esters is 2. The Morgan fingerprint density at radius 3 is 2.66 bits per heavy atom. The monoisotopic (exact) mass is 422 g/mol. The molecule has 7 nitrogen and oxygen atoms in total. The van der Waals surface area contributed by atoms with E-state index in [0.29, 0.717) is 24.9 Å². The topological polar surface area (TPSA) is 84.9 Å². The van der Waals surface area contributed by atoms with Crippen molar-refractivity contribution in [1.29, 1.82) is 0 Å². The molecule has 0 fully saturated rings. The summed E-state index contributed by atoms with van der Waals surface area (Å²) in [5.41, 5.74) is 1.71. The van der Waals surface area contributed by atoms with E-state index in [2.05, 4.69) is 5.32 Å². The predicted molar refractivity (Wildman–Crippen MR) is 114 cm³/mol. The third-order valence-corrected chi connectivity index (χ3v) is 5.37. The first-order valence-corrected chi connectivity index (χ1v) is 11.4. The number of anilines is 1. The molecule has 1 aliphatic rings. The first-order chi connectivity index (χ1) is 14.0. The van der Waals surface area contributed by atoms with Gasteiger partial charge in [0.2, 0.25) is 5.91 Å². The highest BCUT2D eigenvalue weighted by Gasteiger charge is 2.34. The summed E-state index contributed by atoms with van der Waals surface area (Å²) in [7, 11) is 0. The number of amides is 1. The maximum absolute atomic E-state index is 13.3. The number of hydrogen-bond acceptors (Lipinski definition) is 7. The molecule has 1 unspecified atom stereocenters. The standard InChI is InChI=1S/C21H30N2O5S/c1-4-27-19(24)14-23-18-9-7-6-8-15(18)10-11-16(20(23)25)22-17(12-13-29-3)21(26)28-5-2/h6-9,16-17,22H,4-5,10-14H2,1-3H3/t16?,17-/m0/s1. The van der Waals surface area contributed by atoms with Crippen LogP contribution in [0.15, 0.2) is 24.3 Å². The number of ether oxygens (including phenoxy) is 2. The van der Waals surface area contributed by atoms with Crippen LogP contribution in [0, 0.1) is 0 Å². The number of thioether (sulfide) groups is 1. The molecule has 0 radical (unpaired) electrons. The van der Waals surface area contributed by atoms with E-state index in [4.69, 9.17) is 9.47 Å². The molecule has 29 heavy (non-hydrogen) atoms. The number of hydrogen-bond donors (Lipinski definition) is 1. The Labute approximate surface area is 176 Å². The van der Waals surface area contributed by atoms with Gasteiger partial charge in [-0.25, -0.2) is 0 Å². The molecule has 1 aliphatic heterocycles. The summed E-state index contributed by atoms with van der Waals surface area (Å²) in [4.78, 5) is 39.3. The van der Waals surface area contributed by atoms with Gasteiger partial charge in [0.05, 0.1) is 19.3 Å². The van der Waals surface area contributed by atoms with Crippen molar-refractivity contribution in [3.05, 3.63) is 29.8 Å². The molecule has 1 amide bonds. The van der Waals surface area contributed by atoms with Gasteiger partial charge in [0.15, 0.2) is 0 Å². The van der Waals surface area contributed by atoms with Crippen molar-refractivity contribution in [1.82, 2.24) is 5.32 Å². The van der Waals surface area contributed by atoms with Crippen molar-refractivity contribution in [3.63, 3.8) is 0 Å². The van der Waals surface area contributed by atoms with Crippen LogP contribution in [0.25, 0.3) is 0 Å². The van der Waals surface area contributed by atoms with E-state index in [1.165, 1.54) is 4.90 Å². The molecular formula is C21H30N2O5S. The molecule has 2 rings (SSSR count). The minimum Gasteiger partial charge on any atom is -0.465 e. The molecular weight excluding hydrogens is 392 g/mol. The van der Waals surface area contributed by atoms with E-state index < -0.39 is 18.1 Å². The van der Waals surface area contributed by atoms with E-state index in [1.807, 2.05) is 30.5 Å². The molecule has 1 aromatic rings. The van der Waals surface area contributed by atoms with Crippen LogP contribution in [0.2, 0.25) is 0 Å².